The van der Waals surface area contributed by atoms with Crippen LogP contribution in [0.4, 0.5) is 0 Å². The number of hydrogen-bond acceptors (Lipinski definition) is 0. The van der Waals surface area contributed by atoms with E-state index in [9.17, 15) is 0 Å². The topological polar surface area (TPSA) is 0 Å². The molecule has 1 rings (SSSR count). The van der Waals surface area contributed by atoms with Gasteiger partial charge in [-0.25, -0.2) is 0 Å². The van der Waals surface area contributed by atoms with E-state index in [1.165, 1.54) is 14.7 Å². The molecule has 0 saturated carbocycles. The molecule has 0 fully saturated rings. The van der Waals surface area contributed by atoms with Crippen LogP contribution in [-0.4, -0.2) is 0 Å². The van der Waals surface area contributed by atoms with Gasteiger partial charge in [-0.2, -0.15) is 0 Å². The van der Waals surface area contributed by atoms with Crippen LogP contribution in [0.1, 0.15) is 19.4 Å². The Morgan fingerprint density at radius 3 is 2.62 bits per heavy atom. The molecule has 0 aliphatic rings. The fraction of sp³-hybridized carbons (Fsp3) is 0.167. The molecule has 13 heavy (non-hydrogen) atoms. The van der Waals surface area contributed by atoms with Crippen molar-refractivity contribution in [3.63, 3.8) is 0 Å². The van der Waals surface area contributed by atoms with Gasteiger partial charge in [0, 0.05) is 3.57 Å². The number of rotatable bonds is 2. The Hall–Kier alpha value is -0.570. The van der Waals surface area contributed by atoms with E-state index in [0.29, 0.717) is 0 Å². The molecule has 0 bridgehead atoms. The molecule has 68 valence electrons. The highest BCUT2D eigenvalue weighted by molar-refractivity contribution is 14.1. The minimum Gasteiger partial charge on any atom is -0.0871 e. The number of halogens is 1. The van der Waals surface area contributed by atoms with Gasteiger partial charge in [0.25, 0.3) is 0 Å². The van der Waals surface area contributed by atoms with Crippen molar-refractivity contribution in [2.75, 3.05) is 0 Å². The van der Waals surface area contributed by atoms with Gasteiger partial charge in [-0.05, 0) is 59.7 Å². The summed E-state index contributed by atoms with van der Waals surface area (Å²) in [6.07, 6.45) is 6.33. The van der Waals surface area contributed by atoms with Crippen LogP contribution in [0.3, 0.4) is 0 Å². The average Bonchev–Trinajstić information content (AvgIpc) is 2.14. The Balaban J connectivity index is 3.06. The van der Waals surface area contributed by atoms with Gasteiger partial charge in [-0.15, -0.1) is 0 Å². The molecule has 0 aliphatic carbocycles. The Bertz CT molecular complexity index is 335. The van der Waals surface area contributed by atoms with Crippen molar-refractivity contribution in [2.24, 2.45) is 0 Å². The van der Waals surface area contributed by atoms with Crippen molar-refractivity contribution >= 4 is 28.2 Å². The van der Waals surface area contributed by atoms with Crippen molar-refractivity contribution in [1.82, 2.24) is 0 Å². The molecule has 1 aromatic carbocycles. The van der Waals surface area contributed by atoms with Crippen LogP contribution >= 0.6 is 22.6 Å². The smallest absolute Gasteiger partial charge is 0.0136 e. The first kappa shape index (κ1) is 10.5. The lowest BCUT2D eigenvalue weighted by Gasteiger charge is -2.01. The van der Waals surface area contributed by atoms with Gasteiger partial charge in [0.15, 0.2) is 0 Å². The lowest BCUT2D eigenvalue weighted by atomic mass is 10.1. The molecule has 0 unspecified atom stereocenters. The van der Waals surface area contributed by atoms with E-state index < -0.39 is 0 Å². The third kappa shape index (κ3) is 2.99. The quantitative estimate of drug-likeness (QED) is 0.562. The standard InChI is InChI=1S/C12H13I/c1-3-6-10(4-2)11-7-5-8-12(13)9-11/h3-9H,1-2H3/b6-3-,10-4+. The van der Waals surface area contributed by atoms with Crippen LogP contribution in [0, 0.1) is 3.57 Å². The molecular formula is C12H13I. The van der Waals surface area contributed by atoms with Crippen LogP contribution in [0.15, 0.2) is 42.5 Å². The summed E-state index contributed by atoms with van der Waals surface area (Å²) in [5.74, 6) is 0. The summed E-state index contributed by atoms with van der Waals surface area (Å²) < 4.78 is 1.28. The van der Waals surface area contributed by atoms with Crippen LogP contribution in [-0.2, 0) is 0 Å². The number of benzene rings is 1. The Morgan fingerprint density at radius 1 is 1.31 bits per heavy atom. The second-order valence-corrected chi connectivity index (χ2v) is 4.00. The molecule has 0 heterocycles. The van der Waals surface area contributed by atoms with E-state index in [1.807, 2.05) is 6.92 Å². The van der Waals surface area contributed by atoms with Gasteiger partial charge in [0.1, 0.15) is 0 Å². The second kappa shape index (κ2) is 5.22. The van der Waals surface area contributed by atoms with Gasteiger partial charge in [-0.1, -0.05) is 30.4 Å². The second-order valence-electron chi connectivity index (χ2n) is 2.75. The molecule has 0 N–H and O–H groups in total. The number of allylic oxidation sites excluding steroid dienone is 4. The molecule has 0 aliphatic heterocycles. The van der Waals surface area contributed by atoms with Crippen LogP contribution in [0.5, 0.6) is 0 Å². The molecule has 0 radical (unpaired) electrons. The van der Waals surface area contributed by atoms with Gasteiger partial charge in [0.2, 0.25) is 0 Å². The molecule has 1 heteroatoms. The minimum atomic E-state index is 1.28. The first-order chi connectivity index (χ1) is 6.27. The van der Waals surface area contributed by atoms with E-state index >= 15 is 0 Å². The first-order valence-corrected chi connectivity index (χ1v) is 5.40. The van der Waals surface area contributed by atoms with E-state index in [4.69, 9.17) is 0 Å². The van der Waals surface area contributed by atoms with Crippen molar-refractivity contribution in [3.05, 3.63) is 51.6 Å². The lowest BCUT2D eigenvalue weighted by Crippen LogP contribution is -1.81. The van der Waals surface area contributed by atoms with Gasteiger partial charge >= 0.3 is 0 Å². The molecule has 0 spiro atoms. The van der Waals surface area contributed by atoms with Crippen molar-refractivity contribution in [1.29, 1.82) is 0 Å². The molecule has 0 atom stereocenters. The van der Waals surface area contributed by atoms with Gasteiger partial charge in [0.05, 0.1) is 0 Å². The Kier molecular flexibility index (Phi) is 4.22. The predicted octanol–water partition coefficient (Wildman–Crippen LogP) is 4.27. The maximum Gasteiger partial charge on any atom is 0.0136 e. The summed E-state index contributed by atoms with van der Waals surface area (Å²) in [7, 11) is 0. The molecule has 0 nitrogen and oxygen atoms in total. The van der Waals surface area contributed by atoms with E-state index in [0.717, 1.165) is 0 Å². The van der Waals surface area contributed by atoms with E-state index in [2.05, 4.69) is 72.0 Å². The van der Waals surface area contributed by atoms with Crippen LogP contribution in [0.2, 0.25) is 0 Å². The highest BCUT2D eigenvalue weighted by atomic mass is 127. The van der Waals surface area contributed by atoms with Crippen LogP contribution in [0.25, 0.3) is 5.57 Å². The Labute approximate surface area is 93.5 Å². The fourth-order valence-corrected chi connectivity index (χ4v) is 1.75. The van der Waals surface area contributed by atoms with E-state index in [-0.39, 0.29) is 0 Å². The molecule has 0 aromatic heterocycles. The third-order valence-corrected chi connectivity index (χ3v) is 2.49. The van der Waals surface area contributed by atoms with E-state index in [1.54, 1.807) is 0 Å². The average molecular weight is 284 g/mol. The first-order valence-electron chi connectivity index (χ1n) is 4.33. The normalized spacial score (nSPS) is 12.4. The van der Waals surface area contributed by atoms with Gasteiger partial charge in [-0.3, -0.25) is 0 Å². The summed E-state index contributed by atoms with van der Waals surface area (Å²) in [6, 6.07) is 8.52. The van der Waals surface area contributed by atoms with Crippen molar-refractivity contribution in [3.8, 4) is 0 Å². The summed E-state index contributed by atoms with van der Waals surface area (Å²) in [6.45, 7) is 4.10. The van der Waals surface area contributed by atoms with Crippen molar-refractivity contribution < 1.29 is 0 Å². The maximum absolute atomic E-state index is 2.33. The SMILES string of the molecule is C/C=C\C(=C/C)c1cccc(I)c1. The monoisotopic (exact) mass is 284 g/mol. The summed E-state index contributed by atoms with van der Waals surface area (Å²) in [5.41, 5.74) is 2.56. The van der Waals surface area contributed by atoms with Gasteiger partial charge < -0.3 is 0 Å². The fourth-order valence-electron chi connectivity index (χ4n) is 1.21. The molecule has 1 aromatic rings. The zero-order valence-corrected chi connectivity index (χ0v) is 10.1. The number of hydrogen-bond donors (Lipinski definition) is 0. The highest BCUT2D eigenvalue weighted by Gasteiger charge is 1.95. The van der Waals surface area contributed by atoms with Crippen molar-refractivity contribution in [2.45, 2.75) is 13.8 Å². The summed E-state index contributed by atoms with van der Waals surface area (Å²) >= 11 is 2.33. The summed E-state index contributed by atoms with van der Waals surface area (Å²) in [4.78, 5) is 0. The third-order valence-electron chi connectivity index (χ3n) is 1.82. The highest BCUT2D eigenvalue weighted by Crippen LogP contribution is 2.18. The lowest BCUT2D eigenvalue weighted by molar-refractivity contribution is 1.55. The maximum atomic E-state index is 2.33. The largest absolute Gasteiger partial charge is 0.0871 e. The zero-order valence-electron chi connectivity index (χ0n) is 7.92. The Morgan fingerprint density at radius 2 is 2.08 bits per heavy atom. The minimum absolute atomic E-state index is 1.28. The predicted molar refractivity (Wildman–Crippen MR) is 67.6 cm³/mol. The summed E-state index contributed by atoms with van der Waals surface area (Å²) in [5, 5.41) is 0. The molecular weight excluding hydrogens is 271 g/mol. The molecule has 0 amide bonds. The zero-order chi connectivity index (χ0) is 9.68. The van der Waals surface area contributed by atoms with Crippen LogP contribution < -0.4 is 0 Å². The molecule has 0 saturated heterocycles.